The Balaban J connectivity index is 2.12. The molecule has 1 N–H and O–H groups in total. The van der Waals surface area contributed by atoms with Gasteiger partial charge in [-0.25, -0.2) is 4.79 Å². The van der Waals surface area contributed by atoms with E-state index in [0.29, 0.717) is 39.5 Å². The minimum absolute atomic E-state index is 0.0794. The lowest BCUT2D eigenvalue weighted by Gasteiger charge is -2.38. The quantitative estimate of drug-likeness (QED) is 0.407. The lowest BCUT2D eigenvalue weighted by atomic mass is 9.69. The van der Waals surface area contributed by atoms with Gasteiger partial charge in [0.05, 0.1) is 19.3 Å². The van der Waals surface area contributed by atoms with E-state index in [1.54, 1.807) is 31.2 Å². The summed E-state index contributed by atoms with van der Waals surface area (Å²) in [5.74, 6) is -3.38. The number of esters is 2. The first-order valence-corrected chi connectivity index (χ1v) is 10.4. The fourth-order valence-electron chi connectivity index (χ4n) is 4.27. The van der Waals surface area contributed by atoms with E-state index < -0.39 is 23.8 Å². The molecule has 7 nitrogen and oxygen atoms in total. The monoisotopic (exact) mass is 447 g/mol. The van der Waals surface area contributed by atoms with Gasteiger partial charge in [-0.1, -0.05) is 30.7 Å². The second-order valence-electron chi connectivity index (χ2n) is 7.72. The van der Waals surface area contributed by atoms with E-state index in [2.05, 4.69) is 5.32 Å². The number of nitrogens with one attached hydrogen (secondary N) is 1. The molecular formula is C23H26ClNO6. The van der Waals surface area contributed by atoms with Crippen LogP contribution in [0.15, 0.2) is 46.8 Å². The number of allylic oxidation sites excluding steroid dienone is 3. The summed E-state index contributed by atoms with van der Waals surface area (Å²) in [4.78, 5) is 39.0. The molecule has 0 amide bonds. The minimum atomic E-state index is -0.934. The van der Waals surface area contributed by atoms with Gasteiger partial charge >= 0.3 is 11.9 Å². The molecule has 0 bridgehead atoms. The van der Waals surface area contributed by atoms with Gasteiger partial charge in [0.2, 0.25) is 0 Å². The Kier molecular flexibility index (Phi) is 7.18. The van der Waals surface area contributed by atoms with Crippen molar-refractivity contribution in [3.05, 3.63) is 57.4 Å². The maximum absolute atomic E-state index is 13.5. The molecule has 8 heteroatoms. The van der Waals surface area contributed by atoms with Crippen molar-refractivity contribution in [2.24, 2.45) is 11.8 Å². The van der Waals surface area contributed by atoms with Crippen molar-refractivity contribution in [1.29, 1.82) is 0 Å². The van der Waals surface area contributed by atoms with Gasteiger partial charge in [-0.3, -0.25) is 9.59 Å². The first-order valence-electron chi connectivity index (χ1n) is 10.0. The van der Waals surface area contributed by atoms with Gasteiger partial charge in [0.25, 0.3) is 0 Å². The van der Waals surface area contributed by atoms with Crippen molar-refractivity contribution in [3.8, 4) is 0 Å². The SMILES string of the molecule is COCCOC(=O)C1=C(C)NC2=C(C(=O)C(C(=O)OC)C(C)C2)C1c1cccc(Cl)c1. The summed E-state index contributed by atoms with van der Waals surface area (Å²) in [5.41, 5.74) is 2.66. The largest absolute Gasteiger partial charge is 0.468 e. The Hall–Kier alpha value is -2.64. The van der Waals surface area contributed by atoms with Gasteiger partial charge in [0, 0.05) is 35.0 Å². The number of methoxy groups -OCH3 is 2. The molecule has 3 rings (SSSR count). The number of halogens is 1. The lowest BCUT2D eigenvalue weighted by Crippen LogP contribution is -2.43. The van der Waals surface area contributed by atoms with Crippen LogP contribution in [0, 0.1) is 11.8 Å². The first-order chi connectivity index (χ1) is 14.8. The number of hydrogen-bond donors (Lipinski definition) is 1. The van der Waals surface area contributed by atoms with Crippen LogP contribution in [0.5, 0.6) is 0 Å². The van der Waals surface area contributed by atoms with Crippen LogP contribution in [0.3, 0.4) is 0 Å². The van der Waals surface area contributed by atoms with Crippen LogP contribution in [0.2, 0.25) is 5.02 Å². The number of Topliss-reactive ketones (excluding diaryl/α,β-unsaturated/α-hetero) is 1. The van der Waals surface area contributed by atoms with Crippen LogP contribution in [0.1, 0.15) is 31.7 Å². The Morgan fingerprint density at radius 1 is 1.23 bits per heavy atom. The molecule has 1 aromatic rings. The molecular weight excluding hydrogens is 422 g/mol. The molecule has 0 aromatic heterocycles. The zero-order chi connectivity index (χ0) is 22.7. The summed E-state index contributed by atoms with van der Waals surface area (Å²) < 4.78 is 15.2. The Bertz CT molecular complexity index is 967. The number of benzene rings is 1. The van der Waals surface area contributed by atoms with Crippen LogP contribution in [-0.2, 0) is 28.6 Å². The summed E-state index contributed by atoms with van der Waals surface area (Å²) in [6.07, 6.45) is 0.473. The van der Waals surface area contributed by atoms with Crippen molar-refractivity contribution >= 4 is 29.3 Å². The van der Waals surface area contributed by atoms with E-state index in [9.17, 15) is 14.4 Å². The summed E-state index contributed by atoms with van der Waals surface area (Å²) >= 11 is 6.23. The van der Waals surface area contributed by atoms with E-state index in [-0.39, 0.29) is 24.9 Å². The summed E-state index contributed by atoms with van der Waals surface area (Å²) in [7, 11) is 2.78. The highest BCUT2D eigenvalue weighted by atomic mass is 35.5. The standard InChI is InChI=1S/C23H26ClNO6/c1-12-10-16-20(21(26)17(12)22(27)30-4)19(14-6-5-7-15(24)11-14)18(13(2)25-16)23(28)31-9-8-29-3/h5-7,11-12,17,19,25H,8-10H2,1-4H3. The third kappa shape index (κ3) is 4.52. The number of rotatable bonds is 6. The number of ether oxygens (including phenoxy) is 3. The van der Waals surface area contributed by atoms with Gasteiger partial charge in [-0.15, -0.1) is 0 Å². The second-order valence-corrected chi connectivity index (χ2v) is 8.16. The van der Waals surface area contributed by atoms with Gasteiger partial charge in [0.15, 0.2) is 5.78 Å². The van der Waals surface area contributed by atoms with E-state index in [1.165, 1.54) is 14.2 Å². The number of hydrogen-bond acceptors (Lipinski definition) is 7. The Labute approximate surface area is 186 Å². The molecule has 0 radical (unpaired) electrons. The summed E-state index contributed by atoms with van der Waals surface area (Å²) in [5, 5.41) is 3.69. The average molecular weight is 448 g/mol. The fourth-order valence-corrected chi connectivity index (χ4v) is 4.46. The molecule has 1 aliphatic heterocycles. The van der Waals surface area contributed by atoms with Gasteiger partial charge in [-0.05, 0) is 37.0 Å². The summed E-state index contributed by atoms with van der Waals surface area (Å²) in [6, 6.07) is 7.00. The molecule has 1 aromatic carbocycles. The molecule has 3 atom stereocenters. The molecule has 0 spiro atoms. The highest BCUT2D eigenvalue weighted by Crippen LogP contribution is 2.45. The van der Waals surface area contributed by atoms with Gasteiger partial charge < -0.3 is 19.5 Å². The van der Waals surface area contributed by atoms with Crippen LogP contribution < -0.4 is 5.32 Å². The molecule has 2 aliphatic rings. The minimum Gasteiger partial charge on any atom is -0.468 e. The van der Waals surface area contributed by atoms with Gasteiger partial charge in [0.1, 0.15) is 12.5 Å². The maximum atomic E-state index is 13.5. The van der Waals surface area contributed by atoms with Crippen molar-refractivity contribution < 1.29 is 28.6 Å². The highest BCUT2D eigenvalue weighted by molar-refractivity contribution is 6.30. The predicted molar refractivity (Wildman–Crippen MR) is 114 cm³/mol. The predicted octanol–water partition coefficient (Wildman–Crippen LogP) is 3.14. The molecule has 1 aliphatic carbocycles. The highest BCUT2D eigenvalue weighted by Gasteiger charge is 2.47. The van der Waals surface area contributed by atoms with Crippen molar-refractivity contribution in [2.45, 2.75) is 26.2 Å². The normalized spacial score (nSPS) is 23.3. The van der Waals surface area contributed by atoms with Crippen LogP contribution >= 0.6 is 11.6 Å². The third-order valence-electron chi connectivity index (χ3n) is 5.67. The average Bonchev–Trinajstić information content (AvgIpc) is 2.72. The van der Waals surface area contributed by atoms with Crippen molar-refractivity contribution in [1.82, 2.24) is 5.32 Å². The van der Waals surface area contributed by atoms with Crippen LogP contribution in [-0.4, -0.2) is 45.2 Å². The smallest absolute Gasteiger partial charge is 0.336 e. The zero-order valence-electron chi connectivity index (χ0n) is 18.0. The Morgan fingerprint density at radius 3 is 2.61 bits per heavy atom. The fraction of sp³-hybridized carbons (Fsp3) is 0.435. The van der Waals surface area contributed by atoms with E-state index in [0.717, 1.165) is 0 Å². The van der Waals surface area contributed by atoms with Gasteiger partial charge in [-0.2, -0.15) is 0 Å². The molecule has 31 heavy (non-hydrogen) atoms. The first kappa shape index (κ1) is 23.0. The van der Waals surface area contributed by atoms with E-state index in [4.69, 9.17) is 25.8 Å². The van der Waals surface area contributed by atoms with Crippen molar-refractivity contribution in [2.75, 3.05) is 27.4 Å². The maximum Gasteiger partial charge on any atom is 0.336 e. The second kappa shape index (κ2) is 9.66. The van der Waals surface area contributed by atoms with Crippen molar-refractivity contribution in [3.63, 3.8) is 0 Å². The molecule has 3 unspecified atom stereocenters. The Morgan fingerprint density at radius 2 is 1.97 bits per heavy atom. The number of ketones is 1. The molecule has 1 heterocycles. The zero-order valence-corrected chi connectivity index (χ0v) is 18.7. The molecule has 0 saturated carbocycles. The van der Waals surface area contributed by atoms with E-state index in [1.807, 2.05) is 6.92 Å². The number of dihydropyridines is 1. The lowest BCUT2D eigenvalue weighted by molar-refractivity contribution is -0.151. The molecule has 0 fully saturated rings. The van der Waals surface area contributed by atoms with Crippen LogP contribution in [0.25, 0.3) is 0 Å². The molecule has 166 valence electrons. The van der Waals surface area contributed by atoms with Crippen LogP contribution in [0.4, 0.5) is 0 Å². The number of carbonyl (C=O) groups excluding carboxylic acids is 3. The summed E-state index contributed by atoms with van der Waals surface area (Å²) in [6.45, 7) is 3.95. The van der Waals surface area contributed by atoms with E-state index >= 15 is 0 Å². The molecule has 0 saturated heterocycles. The number of carbonyl (C=O) groups is 3. The topological polar surface area (TPSA) is 90.9 Å². The third-order valence-corrected chi connectivity index (χ3v) is 5.90.